The molecule has 54 heavy (non-hydrogen) atoms. The molecular weight excluding hydrogens is 741 g/mol. The molecule has 3 aliphatic rings. The smallest absolute Gasteiger partial charge is 0.419 e. The van der Waals surface area contributed by atoms with Crippen molar-refractivity contribution in [2.24, 2.45) is 11.3 Å². The summed E-state index contributed by atoms with van der Waals surface area (Å²) in [6, 6.07) is 2.11. The fourth-order valence-electron chi connectivity index (χ4n) is 7.13. The first kappa shape index (κ1) is 39.6. The van der Waals surface area contributed by atoms with E-state index in [-0.39, 0.29) is 42.2 Å². The van der Waals surface area contributed by atoms with Gasteiger partial charge < -0.3 is 18.9 Å². The summed E-state index contributed by atoms with van der Waals surface area (Å²) in [5.74, 6) is -1.03. The van der Waals surface area contributed by atoms with E-state index in [1.165, 1.54) is 18.7 Å². The van der Waals surface area contributed by atoms with Crippen molar-refractivity contribution in [3.63, 3.8) is 0 Å². The average Bonchev–Trinajstić information content (AvgIpc) is 3.73. The molecule has 3 saturated heterocycles. The van der Waals surface area contributed by atoms with Gasteiger partial charge in [0, 0.05) is 62.9 Å². The average molecular weight is 780 g/mol. The minimum Gasteiger partial charge on any atom is -0.492 e. The van der Waals surface area contributed by atoms with Crippen molar-refractivity contribution in [1.82, 2.24) is 34.8 Å². The second-order valence-corrected chi connectivity index (χ2v) is 14.2. The van der Waals surface area contributed by atoms with Crippen molar-refractivity contribution in [2.45, 2.75) is 69.6 Å². The third-order valence-corrected chi connectivity index (χ3v) is 10.6. The van der Waals surface area contributed by atoms with Crippen molar-refractivity contribution in [2.75, 3.05) is 52.7 Å². The number of amides is 1. The molecule has 11 nitrogen and oxygen atoms in total. The van der Waals surface area contributed by atoms with Gasteiger partial charge in [-0.2, -0.15) is 44.5 Å². The van der Waals surface area contributed by atoms with E-state index in [0.29, 0.717) is 62.8 Å². The number of ether oxygens (including phenoxy) is 2. The number of carbonyl (C=O) groups excluding carboxylic acids is 1. The minimum absolute atomic E-state index is 0.0862. The van der Waals surface area contributed by atoms with E-state index in [2.05, 4.69) is 34.6 Å². The number of hydrogen-bond acceptors (Lipinski definition) is 10. The molecule has 5 heterocycles. The quantitative estimate of drug-likeness (QED) is 0.208. The number of halogens is 9. The van der Waals surface area contributed by atoms with Crippen LogP contribution in [-0.4, -0.2) is 111 Å². The summed E-state index contributed by atoms with van der Waals surface area (Å²) in [5.41, 5.74) is -6.14. The Morgan fingerprint density at radius 1 is 0.981 bits per heavy atom. The van der Waals surface area contributed by atoms with Gasteiger partial charge in [0.15, 0.2) is 5.41 Å². The zero-order chi connectivity index (χ0) is 38.9. The number of rotatable bonds is 10. The summed E-state index contributed by atoms with van der Waals surface area (Å²) in [6.45, 7) is 2.20. The lowest BCUT2D eigenvalue weighted by Gasteiger charge is -2.44. The topological polar surface area (TPSA) is 110 Å². The number of aromatic nitrogens is 4. The standard InChI is InChI=1S/C34H38F9N7O4/c1-30(33(38,39)40,34(41,42)43)19-53-26-3-2-23(14-25(26)32(35,36)37)28-46-27(54-47-28)17-48-18-31(50(21-48)9-4-22-5-12-52-13-6-22)7-10-49(11-8-31)29(51)24-15-44-20-45-16-24/h2-3,14-16,20,22H,4-13,17-19,21H2,1H3. The highest BCUT2D eigenvalue weighted by molar-refractivity contribution is 5.93. The second kappa shape index (κ2) is 15.2. The van der Waals surface area contributed by atoms with Crippen LogP contribution in [0.25, 0.3) is 11.4 Å². The van der Waals surface area contributed by atoms with Gasteiger partial charge in [0.1, 0.15) is 18.7 Å². The van der Waals surface area contributed by atoms with E-state index in [0.717, 1.165) is 45.1 Å². The number of alkyl halides is 9. The lowest BCUT2D eigenvalue weighted by Crippen LogP contribution is -2.55. The van der Waals surface area contributed by atoms with Crippen molar-refractivity contribution >= 4 is 5.91 Å². The number of carbonyl (C=O) groups is 1. The molecule has 0 N–H and O–H groups in total. The third kappa shape index (κ3) is 8.44. The van der Waals surface area contributed by atoms with Gasteiger partial charge >= 0.3 is 18.5 Å². The molecule has 3 fully saturated rings. The van der Waals surface area contributed by atoms with Gasteiger partial charge in [0.2, 0.25) is 11.7 Å². The first-order valence-electron chi connectivity index (χ1n) is 17.3. The summed E-state index contributed by atoms with van der Waals surface area (Å²) in [6.07, 6.45) is -8.32. The molecule has 296 valence electrons. The van der Waals surface area contributed by atoms with Crippen LogP contribution in [0.4, 0.5) is 39.5 Å². The van der Waals surface area contributed by atoms with Gasteiger partial charge in [-0.3, -0.25) is 14.6 Å². The third-order valence-electron chi connectivity index (χ3n) is 10.6. The largest absolute Gasteiger partial charge is 0.492 e. The van der Waals surface area contributed by atoms with Gasteiger partial charge in [-0.05, 0) is 63.1 Å². The Morgan fingerprint density at radius 3 is 2.28 bits per heavy atom. The van der Waals surface area contributed by atoms with Gasteiger partial charge in [0.25, 0.3) is 5.91 Å². The van der Waals surface area contributed by atoms with Crippen LogP contribution in [0.2, 0.25) is 0 Å². The van der Waals surface area contributed by atoms with Gasteiger partial charge in [-0.15, -0.1) is 0 Å². The molecule has 0 atom stereocenters. The fraction of sp³-hybridized carbons (Fsp3) is 0.618. The van der Waals surface area contributed by atoms with Crippen molar-refractivity contribution in [1.29, 1.82) is 0 Å². The molecule has 3 aromatic rings. The van der Waals surface area contributed by atoms with Crippen LogP contribution in [-0.2, 0) is 17.5 Å². The molecule has 0 unspecified atom stereocenters. The van der Waals surface area contributed by atoms with Gasteiger partial charge in [-0.25, -0.2) is 9.97 Å². The van der Waals surface area contributed by atoms with E-state index >= 15 is 0 Å². The van der Waals surface area contributed by atoms with Crippen molar-refractivity contribution in [3.8, 4) is 17.1 Å². The van der Waals surface area contributed by atoms with Gasteiger partial charge in [-0.1, -0.05) is 5.16 Å². The fourth-order valence-corrected chi connectivity index (χ4v) is 7.13. The Hall–Kier alpha value is -4.04. The molecule has 3 aliphatic heterocycles. The maximum atomic E-state index is 14.0. The van der Waals surface area contributed by atoms with Crippen LogP contribution in [0.5, 0.6) is 5.75 Å². The summed E-state index contributed by atoms with van der Waals surface area (Å²) in [4.78, 5) is 31.5. The first-order chi connectivity index (χ1) is 25.4. The Morgan fingerprint density at radius 2 is 1.65 bits per heavy atom. The Kier molecular flexibility index (Phi) is 11.2. The lowest BCUT2D eigenvalue weighted by atomic mass is 9.85. The van der Waals surface area contributed by atoms with E-state index in [1.54, 1.807) is 4.90 Å². The minimum atomic E-state index is -5.85. The number of benzene rings is 1. The van der Waals surface area contributed by atoms with Crippen LogP contribution >= 0.6 is 0 Å². The molecule has 0 aliphatic carbocycles. The van der Waals surface area contributed by atoms with E-state index in [1.807, 2.05) is 0 Å². The molecule has 1 spiro atoms. The van der Waals surface area contributed by atoms with Gasteiger partial charge in [0.05, 0.1) is 24.3 Å². The van der Waals surface area contributed by atoms with Crippen LogP contribution in [0, 0.1) is 11.3 Å². The normalized spacial score (nSPS) is 19.5. The van der Waals surface area contributed by atoms with Crippen molar-refractivity contribution < 1.29 is 58.3 Å². The van der Waals surface area contributed by atoms with Crippen LogP contribution in [0.15, 0.2) is 41.4 Å². The molecule has 1 amide bonds. The van der Waals surface area contributed by atoms with Crippen LogP contribution in [0.3, 0.4) is 0 Å². The Labute approximate surface area is 303 Å². The Balaban J connectivity index is 1.16. The van der Waals surface area contributed by atoms with Crippen molar-refractivity contribution in [3.05, 3.63) is 53.9 Å². The predicted octanol–water partition coefficient (Wildman–Crippen LogP) is 6.62. The molecule has 1 aromatic carbocycles. The maximum Gasteiger partial charge on any atom is 0.419 e. The highest BCUT2D eigenvalue weighted by atomic mass is 19.4. The highest BCUT2D eigenvalue weighted by Crippen LogP contribution is 2.51. The summed E-state index contributed by atoms with van der Waals surface area (Å²) >= 11 is 0. The predicted molar refractivity (Wildman–Crippen MR) is 170 cm³/mol. The molecule has 20 heteroatoms. The van der Waals surface area contributed by atoms with E-state index in [4.69, 9.17) is 9.26 Å². The number of hydrogen-bond donors (Lipinski definition) is 0. The SMILES string of the molecule is CC(COc1ccc(-c2noc(CN3CN(CCC4CCOCC4)C4(CCN(C(=O)c5cncnc5)CC4)C3)n2)cc1C(F)(F)F)(C(F)(F)F)C(F)(F)F. The number of piperidine rings is 1. The molecular formula is C34H38F9N7O4. The number of likely N-dealkylation sites (tertiary alicyclic amines) is 1. The second-order valence-electron chi connectivity index (χ2n) is 14.2. The first-order valence-corrected chi connectivity index (χ1v) is 17.3. The summed E-state index contributed by atoms with van der Waals surface area (Å²) in [7, 11) is 0. The lowest BCUT2D eigenvalue weighted by molar-refractivity contribution is -0.340. The molecule has 6 rings (SSSR count). The maximum absolute atomic E-state index is 14.0. The highest BCUT2D eigenvalue weighted by Gasteiger charge is 2.68. The number of nitrogens with zero attached hydrogens (tertiary/aromatic N) is 7. The van der Waals surface area contributed by atoms with E-state index in [9.17, 15) is 44.3 Å². The van der Waals surface area contributed by atoms with Crippen LogP contribution < -0.4 is 4.74 Å². The molecule has 0 radical (unpaired) electrons. The zero-order valence-corrected chi connectivity index (χ0v) is 29.1. The summed E-state index contributed by atoms with van der Waals surface area (Å²) < 4.78 is 138. The van der Waals surface area contributed by atoms with Crippen LogP contribution in [0.1, 0.15) is 60.8 Å². The molecule has 2 aromatic heterocycles. The van der Waals surface area contributed by atoms with E-state index < -0.39 is 41.9 Å². The summed E-state index contributed by atoms with van der Waals surface area (Å²) in [5, 5.41) is 3.81. The molecule has 0 bridgehead atoms. The Bertz CT molecular complexity index is 1730. The molecule has 0 saturated carbocycles. The monoisotopic (exact) mass is 779 g/mol. The zero-order valence-electron chi connectivity index (χ0n) is 29.1.